The van der Waals surface area contributed by atoms with E-state index in [1.807, 2.05) is 30.3 Å². The van der Waals surface area contributed by atoms with Gasteiger partial charge in [-0.05, 0) is 37.5 Å². The normalized spacial score (nSPS) is 14.1. The summed E-state index contributed by atoms with van der Waals surface area (Å²) in [5.74, 6) is 0. The molecule has 0 bridgehead atoms. The summed E-state index contributed by atoms with van der Waals surface area (Å²) in [6.07, 6.45) is 6.21. The molecule has 1 aromatic heterocycles. The second kappa shape index (κ2) is 3.34. The van der Waals surface area contributed by atoms with Crippen molar-refractivity contribution in [3.8, 4) is 0 Å². The lowest BCUT2D eigenvalue weighted by Crippen LogP contribution is -2.55. The van der Waals surface area contributed by atoms with Crippen LogP contribution in [-0.2, 0) is 0 Å². The van der Waals surface area contributed by atoms with E-state index in [1.54, 1.807) is 0 Å². The number of rotatable bonds is 0. The van der Waals surface area contributed by atoms with Crippen molar-refractivity contribution in [1.82, 2.24) is 0 Å². The summed E-state index contributed by atoms with van der Waals surface area (Å²) in [6.45, 7) is 2.09. The Hall–Kier alpha value is -1.83. The maximum atomic E-state index is 12.2. The number of fused-ring (bicyclic) bond motifs is 2. The Morgan fingerprint density at radius 3 is 2.75 bits per heavy atom. The zero-order chi connectivity index (χ0) is 11.1. The molecule has 3 rings (SSSR count). The highest BCUT2D eigenvalue weighted by Gasteiger charge is 2.12. The van der Waals surface area contributed by atoms with Gasteiger partial charge in [-0.3, -0.25) is 0 Å². The number of pyridine rings is 1. The van der Waals surface area contributed by atoms with Gasteiger partial charge in [0.2, 0.25) is 10.9 Å². The van der Waals surface area contributed by atoms with E-state index in [-0.39, 0.29) is 0 Å². The van der Waals surface area contributed by atoms with Crippen molar-refractivity contribution in [2.45, 2.75) is 19.8 Å². The lowest BCUT2D eigenvalue weighted by atomic mass is 10.0. The zero-order valence-corrected chi connectivity index (χ0v) is 9.23. The highest BCUT2D eigenvalue weighted by atomic mass is 16.5. The summed E-state index contributed by atoms with van der Waals surface area (Å²) in [6, 6.07) is 7.79. The van der Waals surface area contributed by atoms with E-state index in [0.717, 1.165) is 39.0 Å². The minimum atomic E-state index is 0.769. The molecule has 1 aliphatic carbocycles. The molecule has 2 heteroatoms. The average molecular weight is 211 g/mol. The second-order valence-electron chi connectivity index (χ2n) is 4.22. The van der Waals surface area contributed by atoms with Crippen LogP contribution < -0.4 is 15.3 Å². The van der Waals surface area contributed by atoms with E-state index in [9.17, 15) is 5.21 Å². The Labute approximate surface area is 93.7 Å². The SMILES string of the molecule is Cc1c2c([n+]([O-])c3ccccc13)=CCCC=2. The third-order valence-corrected chi connectivity index (χ3v) is 3.28. The number of benzene rings is 1. The molecule has 0 fully saturated rings. The molecule has 0 aliphatic heterocycles. The fourth-order valence-electron chi connectivity index (χ4n) is 2.44. The number of aromatic nitrogens is 1. The Bertz CT molecular complexity index is 625. The summed E-state index contributed by atoms with van der Waals surface area (Å²) >= 11 is 0. The first-order valence-corrected chi connectivity index (χ1v) is 5.60. The summed E-state index contributed by atoms with van der Waals surface area (Å²) < 4.78 is 1.06. The van der Waals surface area contributed by atoms with Crippen molar-refractivity contribution < 1.29 is 4.73 Å². The van der Waals surface area contributed by atoms with Crippen LogP contribution in [0.25, 0.3) is 23.1 Å². The van der Waals surface area contributed by atoms with Crippen LogP contribution in [0.1, 0.15) is 18.4 Å². The van der Waals surface area contributed by atoms with Crippen LogP contribution in [-0.4, -0.2) is 0 Å². The molecule has 16 heavy (non-hydrogen) atoms. The molecular formula is C14H13NO. The average Bonchev–Trinajstić information content (AvgIpc) is 2.36. The number of nitrogens with zero attached hydrogens (tertiary/aromatic N) is 1. The van der Waals surface area contributed by atoms with Gasteiger partial charge in [-0.15, -0.1) is 0 Å². The molecule has 0 spiro atoms. The van der Waals surface area contributed by atoms with Crippen LogP contribution in [0.15, 0.2) is 24.3 Å². The van der Waals surface area contributed by atoms with E-state index in [4.69, 9.17) is 0 Å². The van der Waals surface area contributed by atoms with E-state index in [1.165, 1.54) is 5.56 Å². The molecule has 0 N–H and O–H groups in total. The number of para-hydroxylation sites is 1. The molecular weight excluding hydrogens is 198 g/mol. The molecule has 0 unspecified atom stereocenters. The monoisotopic (exact) mass is 211 g/mol. The minimum absolute atomic E-state index is 0.769. The molecule has 1 aromatic carbocycles. The molecule has 2 aromatic rings. The molecule has 0 saturated carbocycles. The Balaban J connectivity index is 2.66. The fraction of sp³-hybridized carbons (Fsp3) is 0.214. The Kier molecular flexibility index (Phi) is 1.96. The van der Waals surface area contributed by atoms with Crippen molar-refractivity contribution >= 4 is 23.1 Å². The largest absolute Gasteiger partial charge is 0.618 e. The second-order valence-corrected chi connectivity index (χ2v) is 4.22. The van der Waals surface area contributed by atoms with Gasteiger partial charge in [0.25, 0.3) is 0 Å². The van der Waals surface area contributed by atoms with Crippen LogP contribution in [0.5, 0.6) is 0 Å². The molecule has 1 heterocycles. The third kappa shape index (κ3) is 1.16. The first-order chi connectivity index (χ1) is 7.79. The highest BCUT2D eigenvalue weighted by Crippen LogP contribution is 2.10. The fourth-order valence-corrected chi connectivity index (χ4v) is 2.44. The smallest absolute Gasteiger partial charge is 0.224 e. The minimum Gasteiger partial charge on any atom is -0.618 e. The Morgan fingerprint density at radius 1 is 1.12 bits per heavy atom. The van der Waals surface area contributed by atoms with Crippen LogP contribution in [0.3, 0.4) is 0 Å². The molecule has 0 amide bonds. The molecule has 0 radical (unpaired) electrons. The lowest BCUT2D eigenvalue weighted by molar-refractivity contribution is -0.592. The summed E-state index contributed by atoms with van der Waals surface area (Å²) in [4.78, 5) is 0. The van der Waals surface area contributed by atoms with Crippen molar-refractivity contribution in [2.75, 3.05) is 0 Å². The summed E-state index contributed by atoms with van der Waals surface area (Å²) in [7, 11) is 0. The van der Waals surface area contributed by atoms with Crippen LogP contribution in [0.2, 0.25) is 0 Å². The van der Waals surface area contributed by atoms with Crippen molar-refractivity contribution in [3.05, 3.63) is 45.6 Å². The summed E-state index contributed by atoms with van der Waals surface area (Å²) in [5, 5.41) is 15.2. The van der Waals surface area contributed by atoms with Crippen molar-refractivity contribution in [3.63, 3.8) is 0 Å². The third-order valence-electron chi connectivity index (χ3n) is 3.28. The van der Waals surface area contributed by atoms with Gasteiger partial charge in [0.05, 0.1) is 5.39 Å². The first kappa shape index (κ1) is 9.40. The van der Waals surface area contributed by atoms with E-state index >= 15 is 0 Å². The van der Waals surface area contributed by atoms with Crippen LogP contribution in [0.4, 0.5) is 0 Å². The molecule has 0 saturated heterocycles. The molecule has 0 atom stereocenters. The first-order valence-electron chi connectivity index (χ1n) is 5.60. The van der Waals surface area contributed by atoms with Gasteiger partial charge in [0.1, 0.15) is 0 Å². The van der Waals surface area contributed by atoms with Crippen molar-refractivity contribution in [2.24, 2.45) is 0 Å². The predicted molar refractivity (Wildman–Crippen MR) is 65.1 cm³/mol. The maximum Gasteiger partial charge on any atom is 0.224 e. The highest BCUT2D eigenvalue weighted by molar-refractivity contribution is 5.79. The number of hydrogen-bond acceptors (Lipinski definition) is 1. The van der Waals surface area contributed by atoms with Gasteiger partial charge in [0, 0.05) is 11.3 Å². The quantitative estimate of drug-likeness (QED) is 0.474. The van der Waals surface area contributed by atoms with Gasteiger partial charge < -0.3 is 5.21 Å². The zero-order valence-electron chi connectivity index (χ0n) is 9.23. The lowest BCUT2D eigenvalue weighted by Gasteiger charge is -2.09. The molecule has 80 valence electrons. The van der Waals surface area contributed by atoms with Crippen LogP contribution >= 0.6 is 0 Å². The Morgan fingerprint density at radius 2 is 1.88 bits per heavy atom. The van der Waals surface area contributed by atoms with Crippen LogP contribution in [0, 0.1) is 12.1 Å². The maximum absolute atomic E-state index is 12.2. The molecule has 2 nitrogen and oxygen atoms in total. The number of hydrogen-bond donors (Lipinski definition) is 0. The van der Waals surface area contributed by atoms with Gasteiger partial charge >= 0.3 is 0 Å². The van der Waals surface area contributed by atoms with Gasteiger partial charge in [-0.1, -0.05) is 18.2 Å². The summed E-state index contributed by atoms with van der Waals surface area (Å²) in [5.41, 5.74) is 1.99. The van der Waals surface area contributed by atoms with Crippen molar-refractivity contribution in [1.29, 1.82) is 0 Å². The molecule has 1 aliphatic rings. The topological polar surface area (TPSA) is 26.9 Å². The van der Waals surface area contributed by atoms with E-state index < -0.39 is 0 Å². The van der Waals surface area contributed by atoms with Gasteiger partial charge in [-0.2, -0.15) is 4.73 Å². The van der Waals surface area contributed by atoms with E-state index in [2.05, 4.69) is 13.0 Å². The van der Waals surface area contributed by atoms with E-state index in [0.29, 0.717) is 0 Å². The predicted octanol–water partition coefficient (Wildman–Crippen LogP) is 1.14. The number of aryl methyl sites for hydroxylation is 1. The van der Waals surface area contributed by atoms with Gasteiger partial charge in [0.15, 0.2) is 0 Å². The van der Waals surface area contributed by atoms with Gasteiger partial charge in [-0.25, -0.2) is 0 Å². The standard InChI is InChI=1S/C14H13NO/c1-10-11-6-2-4-8-13(11)15(16)14-9-5-3-7-12(10)14/h2,4,6-9H,3,5H2,1H3.